The maximum absolute atomic E-state index is 9.81. The minimum atomic E-state index is -1.79. The van der Waals surface area contributed by atoms with Crippen molar-refractivity contribution in [2.24, 2.45) is 4.99 Å². The minimum absolute atomic E-state index is 0.542. The molecule has 0 aromatic heterocycles. The zero-order valence-electron chi connectivity index (χ0n) is 14.5. The van der Waals surface area contributed by atoms with E-state index < -0.39 is 5.91 Å². The molecule has 2 aromatic rings. The third kappa shape index (κ3) is 3.29. The second-order valence-electron chi connectivity index (χ2n) is 6.71. The molecule has 0 amide bonds. The molecule has 0 atom stereocenters. The van der Waals surface area contributed by atoms with Gasteiger partial charge in [-0.3, -0.25) is 0 Å². The SMILES string of the molecule is CC(O)(O)N1CCN(C2=Nc3cc(Cl)ccc3Nc3ccccc32)CC1. The standard InChI is InChI=1S/C19H21ClN4O2/c1-19(25,26)24-10-8-23(9-11-24)18-14-4-2-3-5-15(14)21-16-7-6-13(20)12-17(16)22-18/h2-7,12,21,25-26H,8-11H2,1H3. The van der Waals surface area contributed by atoms with E-state index in [2.05, 4.69) is 10.2 Å². The van der Waals surface area contributed by atoms with Crippen molar-refractivity contribution in [2.75, 3.05) is 31.5 Å². The molecule has 26 heavy (non-hydrogen) atoms. The predicted octanol–water partition coefficient (Wildman–Crippen LogP) is 2.75. The summed E-state index contributed by atoms with van der Waals surface area (Å²) < 4.78 is 0. The number of hydrogen-bond acceptors (Lipinski definition) is 6. The van der Waals surface area contributed by atoms with E-state index in [0.717, 1.165) is 28.5 Å². The Morgan fingerprint density at radius 3 is 2.50 bits per heavy atom. The van der Waals surface area contributed by atoms with Gasteiger partial charge in [0.15, 0.2) is 0 Å². The summed E-state index contributed by atoms with van der Waals surface area (Å²) in [6.45, 7) is 3.78. The zero-order chi connectivity index (χ0) is 18.3. The van der Waals surface area contributed by atoms with E-state index >= 15 is 0 Å². The molecular weight excluding hydrogens is 352 g/mol. The fourth-order valence-corrected chi connectivity index (χ4v) is 3.56. The molecule has 4 rings (SSSR count). The Kier molecular flexibility index (Phi) is 4.36. The quantitative estimate of drug-likeness (QED) is 0.671. The van der Waals surface area contributed by atoms with Gasteiger partial charge in [-0.05, 0) is 30.3 Å². The third-order valence-electron chi connectivity index (χ3n) is 4.80. The van der Waals surface area contributed by atoms with Gasteiger partial charge in [-0.1, -0.05) is 23.7 Å². The van der Waals surface area contributed by atoms with Crippen molar-refractivity contribution >= 4 is 34.5 Å². The summed E-state index contributed by atoms with van der Waals surface area (Å²) in [7, 11) is 0. The Bertz CT molecular complexity index is 855. The number of nitrogens with zero attached hydrogens (tertiary/aromatic N) is 3. The van der Waals surface area contributed by atoms with Crippen molar-refractivity contribution in [3.63, 3.8) is 0 Å². The lowest BCUT2D eigenvalue weighted by Crippen LogP contribution is -2.57. The van der Waals surface area contributed by atoms with Gasteiger partial charge >= 0.3 is 0 Å². The largest absolute Gasteiger partial charge is 0.353 e. The predicted molar refractivity (Wildman–Crippen MR) is 103 cm³/mol. The molecule has 0 aliphatic carbocycles. The number of aliphatic hydroxyl groups is 2. The summed E-state index contributed by atoms with van der Waals surface area (Å²) in [5.74, 6) is -0.928. The summed E-state index contributed by atoms with van der Waals surface area (Å²) in [6.07, 6.45) is 0. The van der Waals surface area contributed by atoms with E-state index in [4.69, 9.17) is 16.6 Å². The normalized spacial score (nSPS) is 17.7. The lowest BCUT2D eigenvalue weighted by Gasteiger charge is -2.40. The summed E-state index contributed by atoms with van der Waals surface area (Å²) in [5, 5.41) is 23.7. The van der Waals surface area contributed by atoms with E-state index in [9.17, 15) is 10.2 Å². The molecule has 2 heterocycles. The molecule has 6 nitrogen and oxygen atoms in total. The van der Waals surface area contributed by atoms with Crippen molar-refractivity contribution < 1.29 is 10.2 Å². The maximum atomic E-state index is 9.81. The fraction of sp³-hybridized carbons (Fsp3) is 0.316. The average Bonchev–Trinajstić information content (AvgIpc) is 2.77. The first-order valence-electron chi connectivity index (χ1n) is 8.61. The second kappa shape index (κ2) is 6.55. The molecule has 7 heteroatoms. The molecule has 1 fully saturated rings. The lowest BCUT2D eigenvalue weighted by atomic mass is 10.1. The van der Waals surface area contributed by atoms with Crippen LogP contribution in [-0.4, -0.2) is 57.9 Å². The smallest absolute Gasteiger partial charge is 0.222 e. The van der Waals surface area contributed by atoms with Gasteiger partial charge in [0.2, 0.25) is 5.91 Å². The van der Waals surface area contributed by atoms with Crippen LogP contribution < -0.4 is 5.32 Å². The number of para-hydroxylation sites is 1. The second-order valence-corrected chi connectivity index (χ2v) is 7.15. The van der Waals surface area contributed by atoms with Gasteiger partial charge < -0.3 is 20.4 Å². The Morgan fingerprint density at radius 1 is 1.04 bits per heavy atom. The number of nitrogens with one attached hydrogen (secondary N) is 1. The van der Waals surface area contributed by atoms with Crippen LogP contribution in [0.25, 0.3) is 0 Å². The fourth-order valence-electron chi connectivity index (χ4n) is 3.39. The lowest BCUT2D eigenvalue weighted by molar-refractivity contribution is -0.255. The number of fused-ring (bicyclic) bond motifs is 2. The number of piperazine rings is 1. The van der Waals surface area contributed by atoms with Gasteiger partial charge in [-0.25, -0.2) is 9.89 Å². The summed E-state index contributed by atoms with van der Waals surface area (Å²) in [4.78, 5) is 8.73. The zero-order valence-corrected chi connectivity index (χ0v) is 15.2. The topological polar surface area (TPSA) is 71.3 Å². The molecular formula is C19H21ClN4O2. The van der Waals surface area contributed by atoms with Crippen LogP contribution in [0.4, 0.5) is 17.1 Å². The molecule has 1 saturated heterocycles. The monoisotopic (exact) mass is 372 g/mol. The van der Waals surface area contributed by atoms with Crippen molar-refractivity contribution in [3.8, 4) is 0 Å². The van der Waals surface area contributed by atoms with Crippen LogP contribution in [0.2, 0.25) is 5.02 Å². The molecule has 2 aromatic carbocycles. The summed E-state index contributed by atoms with van der Waals surface area (Å²) >= 11 is 6.17. The molecule has 2 aliphatic heterocycles. The van der Waals surface area contributed by atoms with Gasteiger partial charge in [-0.2, -0.15) is 0 Å². The van der Waals surface area contributed by atoms with Crippen LogP contribution in [-0.2, 0) is 0 Å². The molecule has 2 aliphatic rings. The van der Waals surface area contributed by atoms with Crippen LogP contribution in [0.5, 0.6) is 0 Å². The van der Waals surface area contributed by atoms with Gasteiger partial charge in [-0.15, -0.1) is 0 Å². The summed E-state index contributed by atoms with van der Waals surface area (Å²) in [5.41, 5.74) is 3.71. The minimum Gasteiger partial charge on any atom is -0.353 e. The van der Waals surface area contributed by atoms with Gasteiger partial charge in [0.05, 0.1) is 11.4 Å². The number of halogens is 1. The first kappa shape index (κ1) is 17.3. The van der Waals surface area contributed by atoms with Crippen LogP contribution in [0.1, 0.15) is 12.5 Å². The molecule has 3 N–H and O–H groups in total. The average molecular weight is 373 g/mol. The highest BCUT2D eigenvalue weighted by molar-refractivity contribution is 6.31. The number of rotatable bonds is 1. The third-order valence-corrected chi connectivity index (χ3v) is 5.04. The molecule has 0 bridgehead atoms. The van der Waals surface area contributed by atoms with E-state index in [1.807, 2.05) is 42.5 Å². The van der Waals surface area contributed by atoms with E-state index in [1.165, 1.54) is 6.92 Å². The number of aliphatic imine (C=N–C) groups is 1. The van der Waals surface area contributed by atoms with Gasteiger partial charge in [0.25, 0.3) is 0 Å². The van der Waals surface area contributed by atoms with Crippen molar-refractivity contribution in [1.82, 2.24) is 9.80 Å². The first-order valence-corrected chi connectivity index (χ1v) is 8.99. The summed E-state index contributed by atoms with van der Waals surface area (Å²) in [6, 6.07) is 13.7. The van der Waals surface area contributed by atoms with E-state index in [1.54, 1.807) is 4.90 Å². The van der Waals surface area contributed by atoms with Crippen LogP contribution in [0.3, 0.4) is 0 Å². The molecule has 136 valence electrons. The van der Waals surface area contributed by atoms with E-state index in [0.29, 0.717) is 31.2 Å². The van der Waals surface area contributed by atoms with Gasteiger partial charge in [0.1, 0.15) is 5.84 Å². The highest BCUT2D eigenvalue weighted by Gasteiger charge is 2.31. The Morgan fingerprint density at radius 2 is 1.77 bits per heavy atom. The first-order chi connectivity index (χ1) is 12.4. The van der Waals surface area contributed by atoms with Crippen molar-refractivity contribution in [3.05, 3.63) is 53.1 Å². The Hall–Kier alpha value is -2.12. The highest BCUT2D eigenvalue weighted by atomic mass is 35.5. The Labute approximate surface area is 157 Å². The molecule has 0 saturated carbocycles. The molecule has 0 spiro atoms. The number of amidine groups is 1. The van der Waals surface area contributed by atoms with Crippen LogP contribution in [0.15, 0.2) is 47.5 Å². The molecule has 0 unspecified atom stereocenters. The van der Waals surface area contributed by atoms with Crippen LogP contribution >= 0.6 is 11.6 Å². The molecule has 0 radical (unpaired) electrons. The van der Waals surface area contributed by atoms with Crippen molar-refractivity contribution in [2.45, 2.75) is 12.8 Å². The van der Waals surface area contributed by atoms with Crippen LogP contribution in [0, 0.1) is 0 Å². The highest BCUT2D eigenvalue weighted by Crippen LogP contribution is 2.36. The number of benzene rings is 2. The number of anilines is 2. The maximum Gasteiger partial charge on any atom is 0.222 e. The van der Waals surface area contributed by atoms with Gasteiger partial charge in [0, 0.05) is 49.4 Å². The van der Waals surface area contributed by atoms with Crippen molar-refractivity contribution in [1.29, 1.82) is 0 Å². The van der Waals surface area contributed by atoms with E-state index in [-0.39, 0.29) is 0 Å². The Balaban J connectivity index is 1.72. The number of hydrogen-bond donors (Lipinski definition) is 3.